The quantitative estimate of drug-likeness (QED) is 0.656. The van der Waals surface area contributed by atoms with Gasteiger partial charge in [0, 0.05) is 6.04 Å². The van der Waals surface area contributed by atoms with Crippen molar-refractivity contribution in [3.05, 3.63) is 0 Å². The molecule has 2 rings (SSSR count). The molecule has 76 valence electrons. The number of hydrogen-bond donors (Lipinski definition) is 1. The molecule has 0 aromatic carbocycles. The lowest BCUT2D eigenvalue weighted by molar-refractivity contribution is 0.105. The number of nitrogens with one attached hydrogen (secondary N) is 1. The number of fused-ring (bicyclic) bond motifs is 1. The van der Waals surface area contributed by atoms with Crippen molar-refractivity contribution < 1.29 is 0 Å². The summed E-state index contributed by atoms with van der Waals surface area (Å²) >= 11 is 0. The molecule has 1 aliphatic carbocycles. The topological polar surface area (TPSA) is 12.0 Å². The summed E-state index contributed by atoms with van der Waals surface area (Å²) in [6.45, 7) is 6.08. The van der Waals surface area contributed by atoms with Crippen molar-refractivity contribution in [2.45, 2.75) is 52.0 Å². The van der Waals surface area contributed by atoms with E-state index in [4.69, 9.17) is 0 Å². The molecule has 0 aromatic rings. The Morgan fingerprint density at radius 1 is 1.08 bits per heavy atom. The summed E-state index contributed by atoms with van der Waals surface area (Å²) < 4.78 is 0. The molecule has 1 aliphatic heterocycles. The van der Waals surface area contributed by atoms with Crippen molar-refractivity contribution in [1.29, 1.82) is 0 Å². The number of hydrogen-bond acceptors (Lipinski definition) is 1. The Kier molecular flexibility index (Phi) is 2.92. The van der Waals surface area contributed by atoms with Crippen molar-refractivity contribution in [3.8, 4) is 0 Å². The van der Waals surface area contributed by atoms with Crippen molar-refractivity contribution in [2.24, 2.45) is 17.8 Å². The molecular formula is C12H23N. The Bertz CT molecular complexity index is 163. The van der Waals surface area contributed by atoms with Gasteiger partial charge in [-0.25, -0.2) is 0 Å². The fourth-order valence-electron chi connectivity index (χ4n) is 3.42. The molecule has 0 aromatic heterocycles. The summed E-state index contributed by atoms with van der Waals surface area (Å²) in [5, 5.41) is 3.71. The smallest absolute Gasteiger partial charge is 0.00980 e. The van der Waals surface area contributed by atoms with Gasteiger partial charge in [0.1, 0.15) is 0 Å². The van der Waals surface area contributed by atoms with Gasteiger partial charge in [-0.05, 0) is 50.0 Å². The highest BCUT2D eigenvalue weighted by Gasteiger charge is 2.35. The summed E-state index contributed by atoms with van der Waals surface area (Å²) in [4.78, 5) is 0. The summed E-state index contributed by atoms with van der Waals surface area (Å²) in [6, 6.07) is 0.870. The van der Waals surface area contributed by atoms with Crippen LogP contribution in [0.15, 0.2) is 0 Å². The molecule has 1 N–H and O–H groups in total. The van der Waals surface area contributed by atoms with Gasteiger partial charge < -0.3 is 5.32 Å². The largest absolute Gasteiger partial charge is 0.314 e. The highest BCUT2D eigenvalue weighted by Crippen LogP contribution is 2.39. The van der Waals surface area contributed by atoms with Crippen molar-refractivity contribution in [1.82, 2.24) is 5.32 Å². The van der Waals surface area contributed by atoms with Gasteiger partial charge >= 0.3 is 0 Å². The molecule has 13 heavy (non-hydrogen) atoms. The van der Waals surface area contributed by atoms with Crippen LogP contribution in [0.4, 0.5) is 0 Å². The van der Waals surface area contributed by atoms with Crippen LogP contribution in [0.5, 0.6) is 0 Å². The summed E-state index contributed by atoms with van der Waals surface area (Å²) in [5.74, 6) is 2.90. The molecule has 0 radical (unpaired) electrons. The van der Waals surface area contributed by atoms with E-state index in [0.717, 1.165) is 23.8 Å². The second kappa shape index (κ2) is 4.00. The van der Waals surface area contributed by atoms with Crippen molar-refractivity contribution >= 4 is 0 Å². The van der Waals surface area contributed by atoms with E-state index in [1.54, 1.807) is 0 Å². The molecule has 1 heterocycles. The molecule has 0 bridgehead atoms. The van der Waals surface area contributed by atoms with E-state index in [1.807, 2.05) is 0 Å². The fraction of sp³-hybridized carbons (Fsp3) is 1.00. The zero-order valence-electron chi connectivity index (χ0n) is 9.05. The second-order valence-corrected chi connectivity index (χ2v) is 5.21. The third kappa shape index (κ3) is 1.90. The minimum absolute atomic E-state index is 0.870. The van der Waals surface area contributed by atoms with Gasteiger partial charge in [0.15, 0.2) is 0 Å². The Hall–Kier alpha value is -0.0400. The molecule has 1 nitrogen and oxygen atoms in total. The molecule has 3 atom stereocenters. The van der Waals surface area contributed by atoms with Crippen LogP contribution >= 0.6 is 0 Å². The third-order valence-electron chi connectivity index (χ3n) is 4.10. The molecule has 1 saturated carbocycles. The molecular weight excluding hydrogens is 158 g/mol. The maximum Gasteiger partial charge on any atom is 0.00980 e. The van der Waals surface area contributed by atoms with Crippen LogP contribution < -0.4 is 5.32 Å². The van der Waals surface area contributed by atoms with Crippen LogP contribution in [-0.2, 0) is 0 Å². The van der Waals surface area contributed by atoms with Gasteiger partial charge in [0.25, 0.3) is 0 Å². The average molecular weight is 181 g/mol. The first-order chi connectivity index (χ1) is 6.29. The van der Waals surface area contributed by atoms with Gasteiger partial charge in [-0.15, -0.1) is 0 Å². The van der Waals surface area contributed by atoms with Crippen LogP contribution in [0, 0.1) is 17.8 Å². The van der Waals surface area contributed by atoms with Crippen molar-refractivity contribution in [3.63, 3.8) is 0 Å². The molecule has 1 heteroatoms. The maximum atomic E-state index is 3.71. The Morgan fingerprint density at radius 2 is 1.92 bits per heavy atom. The van der Waals surface area contributed by atoms with E-state index in [-0.39, 0.29) is 0 Å². The SMILES string of the molecule is CC(C)C1CCCC2NCCCC21. The predicted octanol–water partition coefficient (Wildman–Crippen LogP) is 2.81. The normalized spacial score (nSPS) is 40.4. The standard InChI is InChI=1S/C12H23N/c1-9(2)10-5-3-7-12-11(10)6-4-8-13-12/h9-13H,3-8H2,1-2H3. The summed E-state index contributed by atoms with van der Waals surface area (Å²) in [6.07, 6.45) is 7.27. The average Bonchev–Trinajstić information content (AvgIpc) is 2.17. The summed E-state index contributed by atoms with van der Waals surface area (Å²) in [7, 11) is 0. The van der Waals surface area contributed by atoms with Gasteiger partial charge in [0.2, 0.25) is 0 Å². The number of rotatable bonds is 1. The lowest BCUT2D eigenvalue weighted by Gasteiger charge is -2.43. The van der Waals surface area contributed by atoms with Gasteiger partial charge in [0.05, 0.1) is 0 Å². The van der Waals surface area contributed by atoms with E-state index in [9.17, 15) is 0 Å². The molecule has 0 amide bonds. The zero-order chi connectivity index (χ0) is 9.26. The van der Waals surface area contributed by atoms with Crippen LogP contribution in [0.25, 0.3) is 0 Å². The minimum Gasteiger partial charge on any atom is -0.314 e. The van der Waals surface area contributed by atoms with Crippen LogP contribution in [0.2, 0.25) is 0 Å². The predicted molar refractivity (Wildman–Crippen MR) is 56.7 cm³/mol. The van der Waals surface area contributed by atoms with Crippen LogP contribution in [-0.4, -0.2) is 12.6 Å². The van der Waals surface area contributed by atoms with Crippen LogP contribution in [0.1, 0.15) is 46.0 Å². The molecule has 3 unspecified atom stereocenters. The Balaban J connectivity index is 2.02. The minimum atomic E-state index is 0.870. The zero-order valence-corrected chi connectivity index (χ0v) is 9.05. The monoisotopic (exact) mass is 181 g/mol. The van der Waals surface area contributed by atoms with Gasteiger partial charge in [-0.2, -0.15) is 0 Å². The highest BCUT2D eigenvalue weighted by molar-refractivity contribution is 4.90. The molecule has 2 aliphatic rings. The second-order valence-electron chi connectivity index (χ2n) is 5.21. The molecule has 1 saturated heterocycles. The van der Waals surface area contributed by atoms with E-state index in [2.05, 4.69) is 19.2 Å². The Morgan fingerprint density at radius 3 is 2.69 bits per heavy atom. The van der Waals surface area contributed by atoms with Crippen LogP contribution in [0.3, 0.4) is 0 Å². The highest BCUT2D eigenvalue weighted by atomic mass is 14.9. The fourth-order valence-corrected chi connectivity index (χ4v) is 3.42. The third-order valence-corrected chi connectivity index (χ3v) is 4.10. The van der Waals surface area contributed by atoms with E-state index in [1.165, 1.54) is 38.6 Å². The molecule has 2 fully saturated rings. The van der Waals surface area contributed by atoms with E-state index >= 15 is 0 Å². The van der Waals surface area contributed by atoms with Gasteiger partial charge in [-0.1, -0.05) is 20.3 Å². The number of piperidine rings is 1. The lowest BCUT2D eigenvalue weighted by atomic mass is 9.68. The Labute approximate surface area is 82.3 Å². The van der Waals surface area contributed by atoms with Gasteiger partial charge in [-0.3, -0.25) is 0 Å². The first-order valence-corrected chi connectivity index (χ1v) is 6.02. The maximum absolute atomic E-state index is 3.71. The van der Waals surface area contributed by atoms with E-state index < -0.39 is 0 Å². The van der Waals surface area contributed by atoms with E-state index in [0.29, 0.717) is 0 Å². The first kappa shape index (κ1) is 9.51. The van der Waals surface area contributed by atoms with Crippen molar-refractivity contribution in [2.75, 3.05) is 6.54 Å². The lowest BCUT2D eigenvalue weighted by Crippen LogP contribution is -2.47. The first-order valence-electron chi connectivity index (χ1n) is 6.02. The molecule has 0 spiro atoms. The summed E-state index contributed by atoms with van der Waals surface area (Å²) in [5.41, 5.74) is 0.